The molecule has 3 nitrogen and oxygen atoms in total. The van der Waals surface area contributed by atoms with Gasteiger partial charge in [0.1, 0.15) is 0 Å². The van der Waals surface area contributed by atoms with Crippen LogP contribution in [0.15, 0.2) is 0 Å². The molecule has 0 aromatic carbocycles. The van der Waals surface area contributed by atoms with Gasteiger partial charge in [0.25, 0.3) is 0 Å². The molecule has 0 radical (unpaired) electrons. The van der Waals surface area contributed by atoms with E-state index in [2.05, 4.69) is 0 Å². The number of hydrogen-bond acceptors (Lipinski definition) is 1. The Hall–Kier alpha value is 1.28. The van der Waals surface area contributed by atoms with Crippen molar-refractivity contribution in [2.75, 3.05) is 0 Å². The molecule has 6 heteroatoms. The second-order valence-electron chi connectivity index (χ2n) is 0.835. The van der Waals surface area contributed by atoms with E-state index in [0.717, 1.165) is 17.2 Å². The molecule has 0 aliphatic rings. The van der Waals surface area contributed by atoms with Crippen LogP contribution in [-0.2, 0) is 4.57 Å². The summed E-state index contributed by atoms with van der Waals surface area (Å²) in [6, 6.07) is -3.64. The van der Waals surface area contributed by atoms with Gasteiger partial charge in [0.05, 0.1) is 0 Å². The van der Waals surface area contributed by atoms with Gasteiger partial charge in [0.15, 0.2) is 17.4 Å². The Morgan fingerprint density at radius 2 is 1.50 bits per heavy atom. The van der Waals surface area contributed by atoms with Gasteiger partial charge in [0.2, 0.25) is 0 Å². The third-order valence-electron chi connectivity index (χ3n) is 0. The molecule has 0 heterocycles. The van der Waals surface area contributed by atoms with Crippen LogP contribution in [0.5, 0.6) is 0 Å². The van der Waals surface area contributed by atoms with Crippen LogP contribution in [0, 0.1) is 0 Å². The van der Waals surface area contributed by atoms with Crippen LogP contribution in [0.2, 0.25) is 0 Å². The Kier molecular flexibility index (Phi) is 5.67. The standard InChI is InChI=1S/Al.Li.HO3P.3H/c;;1-4(2)3;;;/h;;(H-,1,2,3);;;/q;-1;;;;/p+1. The van der Waals surface area contributed by atoms with Crippen LogP contribution < -0.4 is 0 Å². The van der Waals surface area contributed by atoms with Gasteiger partial charge in [-0.15, -0.1) is 0 Å². The molecule has 32 valence electrons. The van der Waals surface area contributed by atoms with Crippen molar-refractivity contribution in [3.63, 3.8) is 0 Å². The molecule has 0 bridgehead atoms. The van der Waals surface area contributed by atoms with Crippen LogP contribution in [-0.4, -0.2) is 44.4 Å². The van der Waals surface area contributed by atoms with Gasteiger partial charge in [-0.05, 0) is 0 Å². The maximum atomic E-state index is 9.33. The average Bonchev–Trinajstić information content (AvgIpc) is 0.722. The fourth-order valence-electron chi connectivity index (χ4n) is 0. The molecule has 0 atom stereocenters. The summed E-state index contributed by atoms with van der Waals surface area (Å²) in [4.78, 5) is 15.3. The molecule has 0 rings (SSSR count). The fourth-order valence-corrected chi connectivity index (χ4v) is 0. The Balaban J connectivity index is 0. The van der Waals surface area contributed by atoms with Crippen LogP contribution in [0.4, 0.5) is 0 Å². The summed E-state index contributed by atoms with van der Waals surface area (Å²) in [5.74, 6) is 0. The van der Waals surface area contributed by atoms with E-state index in [4.69, 9.17) is 9.79 Å². The molecule has 0 fully saturated rings. The van der Waals surface area contributed by atoms with Gasteiger partial charge < -0.3 is 0 Å². The topological polar surface area (TPSA) is 57.5 Å². The molecule has 6 heavy (non-hydrogen) atoms. The van der Waals surface area contributed by atoms with Crippen molar-refractivity contribution in [3.8, 4) is 0 Å². The Morgan fingerprint density at radius 1 is 1.50 bits per heavy atom. The minimum atomic E-state index is -3.64. The molecule has 0 unspecified atom stereocenters. The Morgan fingerprint density at radius 3 is 1.50 bits per heavy atom. The first kappa shape index (κ1) is 10.3. The zero-order chi connectivity index (χ0) is 4.50. The van der Waals surface area contributed by atoms with Gasteiger partial charge in [-0.2, -0.15) is 0 Å². The Bertz CT molecular complexity index is 56.9. The quantitative estimate of drug-likeness (QED) is 0.287. The zero-order valence-corrected chi connectivity index (χ0v) is 3.64. The number of rotatable bonds is 0. The van der Waals surface area contributed by atoms with Crippen LogP contribution >= 0.6 is 6.02 Å². The summed E-state index contributed by atoms with van der Waals surface area (Å²) in [5, 5.41) is 0. The van der Waals surface area contributed by atoms with E-state index in [-0.39, 0.29) is 17.4 Å². The predicted octanol–water partition coefficient (Wildman–Crippen LogP) is -1.94. The molecule has 0 aliphatic heterocycles. The van der Waals surface area contributed by atoms with E-state index < -0.39 is 6.02 Å². The SMILES string of the molecule is [AlH3].[Li][P](=O)(O)O. The van der Waals surface area contributed by atoms with Crippen molar-refractivity contribution in [2.45, 2.75) is 0 Å². The molecule has 0 aliphatic carbocycles. The molecule has 0 aromatic heterocycles. The summed E-state index contributed by atoms with van der Waals surface area (Å²) in [6.45, 7) is 0. The molecule has 0 spiro atoms. The van der Waals surface area contributed by atoms with E-state index >= 15 is 0 Å². The van der Waals surface area contributed by atoms with Crippen LogP contribution in [0.25, 0.3) is 0 Å². The van der Waals surface area contributed by atoms with Crippen molar-refractivity contribution >= 4 is 40.6 Å². The third-order valence-corrected chi connectivity index (χ3v) is 0. The summed E-state index contributed by atoms with van der Waals surface area (Å²) < 4.78 is 9.33. The van der Waals surface area contributed by atoms with Crippen LogP contribution in [0.1, 0.15) is 0 Å². The minimum absolute atomic E-state index is 0. The summed E-state index contributed by atoms with van der Waals surface area (Å²) >= 11 is 0.854. The van der Waals surface area contributed by atoms with Gasteiger partial charge in [-0.25, -0.2) is 0 Å². The van der Waals surface area contributed by atoms with Crippen molar-refractivity contribution < 1.29 is 14.4 Å². The summed E-state index contributed by atoms with van der Waals surface area (Å²) in [5.41, 5.74) is 0. The first-order valence-corrected chi connectivity index (χ1v) is 3.09. The molecule has 0 amide bonds. The van der Waals surface area contributed by atoms with Crippen molar-refractivity contribution in [2.24, 2.45) is 0 Å². The second-order valence-corrected chi connectivity index (χ2v) is 2.51. The van der Waals surface area contributed by atoms with Gasteiger partial charge in [-0.1, -0.05) is 0 Å². The molecule has 0 saturated carbocycles. The molecule has 2 N–H and O–H groups in total. The molecule has 0 saturated heterocycles. The average molecular weight is 118 g/mol. The van der Waals surface area contributed by atoms with Gasteiger partial charge in [0, 0.05) is 0 Å². The summed E-state index contributed by atoms with van der Waals surface area (Å²) in [6.07, 6.45) is 0. The van der Waals surface area contributed by atoms with E-state index in [1.807, 2.05) is 0 Å². The first-order chi connectivity index (χ1) is 2.00. The first-order valence-electron chi connectivity index (χ1n) is 1.03. The Labute approximate surface area is 55.2 Å². The van der Waals surface area contributed by atoms with Gasteiger partial charge >= 0.3 is 37.6 Å². The summed E-state index contributed by atoms with van der Waals surface area (Å²) in [7, 11) is 0. The zero-order valence-electron chi connectivity index (χ0n) is 2.75. The fraction of sp³-hybridized carbons (Fsp3) is 0. The van der Waals surface area contributed by atoms with Gasteiger partial charge in [-0.3, -0.25) is 0 Å². The third kappa shape index (κ3) is 59.0. The second kappa shape index (κ2) is 3.30. The molecular formula is H5AlLiO3P. The van der Waals surface area contributed by atoms with E-state index in [9.17, 15) is 4.57 Å². The van der Waals surface area contributed by atoms with E-state index in [1.165, 1.54) is 0 Å². The predicted molar refractivity (Wildman–Crippen MR) is 27.7 cm³/mol. The molecule has 0 aromatic rings. The maximum absolute atomic E-state index is 9.33. The van der Waals surface area contributed by atoms with Crippen LogP contribution in [0.3, 0.4) is 0 Å². The monoisotopic (exact) mass is 118 g/mol. The van der Waals surface area contributed by atoms with Crippen molar-refractivity contribution in [1.82, 2.24) is 0 Å². The van der Waals surface area contributed by atoms with E-state index in [1.54, 1.807) is 0 Å². The normalized spacial score (nSPS) is 10.0. The van der Waals surface area contributed by atoms with Crippen molar-refractivity contribution in [1.29, 1.82) is 0 Å². The number of hydrogen-bond donors (Lipinski definition) is 2. The molecular weight excluding hydrogens is 113 g/mol. The van der Waals surface area contributed by atoms with E-state index in [0.29, 0.717) is 0 Å². The van der Waals surface area contributed by atoms with Crippen molar-refractivity contribution in [3.05, 3.63) is 0 Å².